The molecule has 0 spiro atoms. The third kappa shape index (κ3) is 2.54. The molecule has 1 aromatic rings. The van der Waals surface area contributed by atoms with Crippen LogP contribution < -0.4 is 5.32 Å². The van der Waals surface area contributed by atoms with Crippen LogP contribution in [0.1, 0.15) is 36.2 Å². The van der Waals surface area contributed by atoms with Crippen LogP contribution in [0, 0.1) is 0 Å². The summed E-state index contributed by atoms with van der Waals surface area (Å²) < 4.78 is 5.53. The summed E-state index contributed by atoms with van der Waals surface area (Å²) in [6, 6.07) is 5.17. The molecule has 1 amide bonds. The van der Waals surface area contributed by atoms with Crippen molar-refractivity contribution in [2.45, 2.75) is 48.9 Å². The maximum atomic E-state index is 12.4. The second-order valence-electron chi connectivity index (χ2n) is 5.50. The van der Waals surface area contributed by atoms with Gasteiger partial charge in [0.1, 0.15) is 0 Å². The highest BCUT2D eigenvalue weighted by Crippen LogP contribution is 2.30. The van der Waals surface area contributed by atoms with Crippen LogP contribution >= 0.6 is 11.8 Å². The summed E-state index contributed by atoms with van der Waals surface area (Å²) in [6.07, 6.45) is 6.58. The Morgan fingerprint density at radius 3 is 2.63 bits per heavy atom. The molecule has 2 unspecified atom stereocenters. The Balaban J connectivity index is 1.69. The quantitative estimate of drug-likeness (QED) is 0.863. The molecule has 2 aliphatic heterocycles. The molecule has 2 bridgehead atoms. The molecule has 0 aliphatic carbocycles. The lowest BCUT2D eigenvalue weighted by Gasteiger charge is -2.35. The highest BCUT2D eigenvalue weighted by molar-refractivity contribution is 7.98. The van der Waals surface area contributed by atoms with Gasteiger partial charge in [0.05, 0.1) is 0 Å². The third-order valence-electron chi connectivity index (χ3n) is 4.31. The Bertz CT molecular complexity index is 462. The summed E-state index contributed by atoms with van der Waals surface area (Å²) in [7, 11) is 1.90. The molecule has 1 N–H and O–H groups in total. The standard InChI is InChI=1S/C14H20N2O2S/c1-16(11-7-9-3-4-10(8-11)15-9)14(17)12-5-6-13(18-12)19-2/h5-6,9-11,15H,3-4,7-8H2,1-2H3. The monoisotopic (exact) mass is 280 g/mol. The molecule has 104 valence electrons. The van der Waals surface area contributed by atoms with Crippen LogP contribution in [0.4, 0.5) is 0 Å². The maximum Gasteiger partial charge on any atom is 0.289 e. The first-order valence-electron chi connectivity index (χ1n) is 6.84. The van der Waals surface area contributed by atoms with Crippen LogP contribution in [-0.4, -0.2) is 42.2 Å². The molecule has 0 saturated carbocycles. The van der Waals surface area contributed by atoms with Crippen LogP contribution in [0.3, 0.4) is 0 Å². The van der Waals surface area contributed by atoms with Gasteiger partial charge in [-0.2, -0.15) is 0 Å². The van der Waals surface area contributed by atoms with Crippen LogP contribution in [-0.2, 0) is 0 Å². The number of nitrogens with zero attached hydrogens (tertiary/aromatic N) is 1. The van der Waals surface area contributed by atoms with Gasteiger partial charge in [-0.25, -0.2) is 0 Å². The van der Waals surface area contributed by atoms with Gasteiger partial charge < -0.3 is 14.6 Å². The molecule has 0 radical (unpaired) electrons. The highest BCUT2D eigenvalue weighted by Gasteiger charge is 2.36. The van der Waals surface area contributed by atoms with Gasteiger partial charge in [0, 0.05) is 25.2 Å². The fourth-order valence-corrected chi connectivity index (χ4v) is 3.61. The van der Waals surface area contributed by atoms with E-state index < -0.39 is 0 Å². The van der Waals surface area contributed by atoms with Crippen molar-refractivity contribution in [2.24, 2.45) is 0 Å². The molecule has 3 heterocycles. The zero-order chi connectivity index (χ0) is 13.4. The van der Waals surface area contributed by atoms with Crippen LogP contribution in [0.5, 0.6) is 0 Å². The summed E-state index contributed by atoms with van der Waals surface area (Å²) in [5.74, 6) is 0.462. The van der Waals surface area contributed by atoms with E-state index in [1.54, 1.807) is 6.07 Å². The van der Waals surface area contributed by atoms with Crippen molar-refractivity contribution in [2.75, 3.05) is 13.3 Å². The Labute approximate surface area is 117 Å². The van der Waals surface area contributed by atoms with Crippen molar-refractivity contribution in [1.29, 1.82) is 0 Å². The number of furan rings is 1. The van der Waals surface area contributed by atoms with E-state index in [1.165, 1.54) is 24.6 Å². The lowest BCUT2D eigenvalue weighted by Crippen LogP contribution is -2.48. The number of amides is 1. The largest absolute Gasteiger partial charge is 0.445 e. The summed E-state index contributed by atoms with van der Waals surface area (Å²) >= 11 is 1.52. The molecule has 3 rings (SSSR count). The zero-order valence-electron chi connectivity index (χ0n) is 11.4. The van der Waals surface area contributed by atoms with E-state index in [0.29, 0.717) is 23.9 Å². The Hall–Kier alpha value is -0.940. The predicted octanol–water partition coefficient (Wildman–Crippen LogP) is 2.36. The number of fused-ring (bicyclic) bond motifs is 2. The number of hydrogen-bond acceptors (Lipinski definition) is 4. The second-order valence-corrected chi connectivity index (χ2v) is 6.31. The van der Waals surface area contributed by atoms with Crippen molar-refractivity contribution in [3.63, 3.8) is 0 Å². The number of nitrogens with one attached hydrogen (secondary N) is 1. The number of rotatable bonds is 3. The first-order valence-corrected chi connectivity index (χ1v) is 8.07. The first-order chi connectivity index (χ1) is 9.17. The average molecular weight is 280 g/mol. The molecular weight excluding hydrogens is 260 g/mol. The second kappa shape index (κ2) is 5.21. The molecule has 0 aromatic carbocycles. The van der Waals surface area contributed by atoms with Crippen LogP contribution in [0.2, 0.25) is 0 Å². The van der Waals surface area contributed by atoms with Gasteiger partial charge in [-0.1, -0.05) is 11.8 Å². The van der Waals surface area contributed by atoms with Crippen molar-refractivity contribution < 1.29 is 9.21 Å². The summed E-state index contributed by atoms with van der Waals surface area (Å²) in [5, 5.41) is 4.40. The minimum Gasteiger partial charge on any atom is -0.445 e. The van der Waals surface area contributed by atoms with Crippen molar-refractivity contribution >= 4 is 17.7 Å². The fraction of sp³-hybridized carbons (Fsp3) is 0.643. The SMILES string of the molecule is CSc1ccc(C(=O)N(C)C2CC3CCC(C2)N3)o1. The fourth-order valence-electron chi connectivity index (χ4n) is 3.23. The van der Waals surface area contributed by atoms with E-state index in [2.05, 4.69) is 5.32 Å². The smallest absolute Gasteiger partial charge is 0.289 e. The normalized spacial score (nSPS) is 29.5. The summed E-state index contributed by atoms with van der Waals surface area (Å²) in [6.45, 7) is 0. The number of carbonyl (C=O) groups is 1. The van der Waals surface area contributed by atoms with Gasteiger partial charge in [-0.05, 0) is 44.1 Å². The Morgan fingerprint density at radius 1 is 1.37 bits per heavy atom. The van der Waals surface area contributed by atoms with E-state index in [-0.39, 0.29) is 5.91 Å². The summed E-state index contributed by atoms with van der Waals surface area (Å²) in [4.78, 5) is 14.3. The zero-order valence-corrected chi connectivity index (χ0v) is 12.2. The van der Waals surface area contributed by atoms with Crippen LogP contribution in [0.15, 0.2) is 21.6 Å². The number of carbonyl (C=O) groups excluding carboxylic acids is 1. The Morgan fingerprint density at radius 2 is 2.05 bits per heavy atom. The van der Waals surface area contributed by atoms with Gasteiger partial charge in [0.15, 0.2) is 10.9 Å². The van der Waals surface area contributed by atoms with Crippen molar-refractivity contribution in [3.8, 4) is 0 Å². The molecule has 2 atom stereocenters. The first kappa shape index (κ1) is 13.1. The van der Waals surface area contributed by atoms with E-state index >= 15 is 0 Å². The van der Waals surface area contributed by atoms with Crippen LogP contribution in [0.25, 0.3) is 0 Å². The minimum atomic E-state index is 0.00611. The van der Waals surface area contributed by atoms with Crippen molar-refractivity contribution in [1.82, 2.24) is 10.2 Å². The molecular formula is C14H20N2O2S. The molecule has 4 nitrogen and oxygen atoms in total. The van der Waals surface area contributed by atoms with Gasteiger partial charge in [0.2, 0.25) is 0 Å². The van der Waals surface area contributed by atoms with E-state index in [9.17, 15) is 4.79 Å². The van der Waals surface area contributed by atoms with Gasteiger partial charge in [-0.15, -0.1) is 0 Å². The lowest BCUT2D eigenvalue weighted by molar-refractivity contribution is 0.0644. The number of piperidine rings is 1. The van der Waals surface area contributed by atoms with Crippen molar-refractivity contribution in [3.05, 3.63) is 17.9 Å². The molecule has 1 aromatic heterocycles. The molecule has 5 heteroatoms. The third-order valence-corrected chi connectivity index (χ3v) is 4.93. The Kier molecular flexibility index (Phi) is 3.58. The van der Waals surface area contributed by atoms with Gasteiger partial charge in [-0.3, -0.25) is 4.79 Å². The maximum absolute atomic E-state index is 12.4. The highest BCUT2D eigenvalue weighted by atomic mass is 32.2. The predicted molar refractivity (Wildman–Crippen MR) is 75.6 cm³/mol. The molecule has 2 fully saturated rings. The van der Waals surface area contributed by atoms with E-state index in [1.807, 2.05) is 24.3 Å². The minimum absolute atomic E-state index is 0.00611. The summed E-state index contributed by atoms with van der Waals surface area (Å²) in [5.41, 5.74) is 0. The topological polar surface area (TPSA) is 45.5 Å². The molecule has 2 saturated heterocycles. The van der Waals surface area contributed by atoms with Gasteiger partial charge in [0.25, 0.3) is 5.91 Å². The molecule has 19 heavy (non-hydrogen) atoms. The molecule has 2 aliphatic rings. The number of hydrogen-bond donors (Lipinski definition) is 1. The van der Waals surface area contributed by atoms with E-state index in [0.717, 1.165) is 17.9 Å². The van der Waals surface area contributed by atoms with Gasteiger partial charge >= 0.3 is 0 Å². The average Bonchev–Trinajstić information content (AvgIpc) is 3.03. The lowest BCUT2D eigenvalue weighted by atomic mass is 9.98. The number of thioether (sulfide) groups is 1. The van der Waals surface area contributed by atoms with E-state index in [4.69, 9.17) is 4.42 Å².